The monoisotopic (exact) mass is 214 g/mol. The van der Waals surface area contributed by atoms with Crippen molar-refractivity contribution in [3.63, 3.8) is 0 Å². The van der Waals surface area contributed by atoms with Crippen molar-refractivity contribution in [3.8, 4) is 0 Å². The second-order valence-electron chi connectivity index (χ2n) is 3.75. The minimum Gasteiger partial charge on any atom is -0.355 e. The molecule has 0 aliphatic heterocycles. The summed E-state index contributed by atoms with van der Waals surface area (Å²) in [4.78, 5) is 11.8. The Balaban J connectivity index is 0.000000921. The van der Waals surface area contributed by atoms with Crippen LogP contribution in [0.1, 0.15) is 52.9 Å². The van der Waals surface area contributed by atoms with Crippen LogP contribution in [-0.2, 0) is 4.79 Å². The van der Waals surface area contributed by atoms with Crippen molar-refractivity contribution < 1.29 is 4.79 Å². The van der Waals surface area contributed by atoms with Crippen molar-refractivity contribution >= 4 is 5.91 Å². The molecule has 1 aliphatic rings. The largest absolute Gasteiger partial charge is 0.355 e. The summed E-state index contributed by atoms with van der Waals surface area (Å²) in [6.45, 7) is 6.69. The molecule has 0 aromatic rings. The van der Waals surface area contributed by atoms with E-state index in [-0.39, 0.29) is 11.4 Å². The van der Waals surface area contributed by atoms with Crippen LogP contribution in [0.25, 0.3) is 0 Å². The Bertz CT molecular complexity index is 174. The summed E-state index contributed by atoms with van der Waals surface area (Å²) >= 11 is 0. The summed E-state index contributed by atoms with van der Waals surface area (Å²) in [6.07, 6.45) is 5.56. The van der Waals surface area contributed by atoms with Crippen molar-refractivity contribution in [2.24, 2.45) is 0 Å². The fourth-order valence-corrected chi connectivity index (χ4v) is 2.08. The number of carbonyl (C=O) groups excluding carboxylic acids is 1. The summed E-state index contributed by atoms with van der Waals surface area (Å²) in [5.41, 5.74) is -0.270. The first-order valence-electron chi connectivity index (χ1n) is 6.22. The third kappa shape index (κ3) is 3.82. The quantitative estimate of drug-likeness (QED) is 0.755. The topological polar surface area (TPSA) is 41.1 Å². The average molecular weight is 214 g/mol. The summed E-state index contributed by atoms with van der Waals surface area (Å²) < 4.78 is 0. The number of carbonyl (C=O) groups is 1. The molecule has 1 saturated carbocycles. The fourth-order valence-electron chi connectivity index (χ4n) is 2.08. The molecule has 1 rings (SSSR count). The number of amides is 1. The number of nitrogens with one attached hydrogen (secondary N) is 2. The summed E-state index contributed by atoms with van der Waals surface area (Å²) in [7, 11) is 1.89. The molecule has 0 atom stereocenters. The lowest BCUT2D eigenvalue weighted by Gasteiger charge is -2.35. The Labute approximate surface area is 94.0 Å². The van der Waals surface area contributed by atoms with Gasteiger partial charge in [-0.05, 0) is 26.8 Å². The van der Waals surface area contributed by atoms with Crippen LogP contribution in [0.3, 0.4) is 0 Å². The van der Waals surface area contributed by atoms with Gasteiger partial charge in [0.25, 0.3) is 0 Å². The van der Waals surface area contributed by atoms with E-state index in [1.165, 1.54) is 6.42 Å². The van der Waals surface area contributed by atoms with E-state index >= 15 is 0 Å². The molecule has 0 aromatic carbocycles. The predicted octanol–water partition coefficient (Wildman–Crippen LogP) is 2.07. The number of rotatable bonds is 3. The highest BCUT2D eigenvalue weighted by atomic mass is 16.2. The molecule has 15 heavy (non-hydrogen) atoms. The molecule has 3 heteroatoms. The predicted molar refractivity (Wildman–Crippen MR) is 64.9 cm³/mol. The third-order valence-electron chi connectivity index (χ3n) is 2.96. The molecule has 3 nitrogen and oxygen atoms in total. The van der Waals surface area contributed by atoms with Crippen LogP contribution in [0.5, 0.6) is 0 Å². The van der Waals surface area contributed by atoms with Gasteiger partial charge in [0.1, 0.15) is 0 Å². The van der Waals surface area contributed by atoms with Gasteiger partial charge in [0.2, 0.25) is 5.91 Å². The second-order valence-corrected chi connectivity index (χ2v) is 3.75. The van der Waals surface area contributed by atoms with Crippen molar-refractivity contribution in [3.05, 3.63) is 0 Å². The van der Waals surface area contributed by atoms with E-state index in [2.05, 4.69) is 10.6 Å². The van der Waals surface area contributed by atoms with Crippen LogP contribution >= 0.6 is 0 Å². The third-order valence-corrected chi connectivity index (χ3v) is 2.96. The molecule has 0 radical (unpaired) electrons. The van der Waals surface area contributed by atoms with Crippen LogP contribution in [-0.4, -0.2) is 25.0 Å². The van der Waals surface area contributed by atoms with Crippen molar-refractivity contribution in [1.82, 2.24) is 10.6 Å². The van der Waals surface area contributed by atoms with E-state index in [1.807, 2.05) is 27.8 Å². The van der Waals surface area contributed by atoms with Gasteiger partial charge in [-0.25, -0.2) is 0 Å². The van der Waals surface area contributed by atoms with Crippen LogP contribution in [0.15, 0.2) is 0 Å². The van der Waals surface area contributed by atoms with Gasteiger partial charge >= 0.3 is 0 Å². The van der Waals surface area contributed by atoms with Crippen LogP contribution < -0.4 is 10.6 Å². The zero-order valence-corrected chi connectivity index (χ0v) is 10.7. The molecule has 0 unspecified atom stereocenters. The molecule has 1 fully saturated rings. The minimum absolute atomic E-state index is 0.178. The van der Waals surface area contributed by atoms with Gasteiger partial charge < -0.3 is 10.6 Å². The molecule has 1 aliphatic carbocycles. The molecular weight excluding hydrogens is 188 g/mol. The van der Waals surface area contributed by atoms with Gasteiger partial charge in [0.05, 0.1) is 5.54 Å². The van der Waals surface area contributed by atoms with Crippen molar-refractivity contribution in [2.45, 2.75) is 58.4 Å². The highest BCUT2D eigenvalue weighted by Crippen LogP contribution is 2.27. The Hall–Kier alpha value is -0.570. The second kappa shape index (κ2) is 7.69. The molecule has 0 aromatic heterocycles. The lowest BCUT2D eigenvalue weighted by Crippen LogP contribution is -2.56. The first-order chi connectivity index (χ1) is 7.25. The first-order valence-corrected chi connectivity index (χ1v) is 6.22. The maximum absolute atomic E-state index is 11.8. The zero-order chi connectivity index (χ0) is 11.7. The standard InChI is InChI=1S/C10H20N2O.C2H6/c1-3-12-9(13)10(11-2)7-5-4-6-8-10;1-2/h11H,3-8H2,1-2H3,(H,12,13);1-2H3. The van der Waals surface area contributed by atoms with Gasteiger partial charge in [-0.2, -0.15) is 0 Å². The van der Waals surface area contributed by atoms with E-state index < -0.39 is 0 Å². The van der Waals surface area contributed by atoms with Gasteiger partial charge in [-0.15, -0.1) is 0 Å². The smallest absolute Gasteiger partial charge is 0.240 e. The van der Waals surface area contributed by atoms with E-state index in [9.17, 15) is 4.79 Å². The van der Waals surface area contributed by atoms with E-state index in [1.54, 1.807) is 0 Å². The Morgan fingerprint density at radius 3 is 2.13 bits per heavy atom. The zero-order valence-electron chi connectivity index (χ0n) is 10.7. The number of hydrogen-bond acceptors (Lipinski definition) is 2. The minimum atomic E-state index is -0.270. The van der Waals surface area contributed by atoms with Gasteiger partial charge in [0.15, 0.2) is 0 Å². The first kappa shape index (κ1) is 14.4. The highest BCUT2D eigenvalue weighted by Gasteiger charge is 2.37. The molecule has 0 saturated heterocycles. The Kier molecular flexibility index (Phi) is 7.39. The average Bonchev–Trinajstić information content (AvgIpc) is 2.33. The van der Waals surface area contributed by atoms with Gasteiger partial charge in [-0.1, -0.05) is 33.1 Å². The highest BCUT2D eigenvalue weighted by molar-refractivity contribution is 5.86. The Morgan fingerprint density at radius 2 is 1.73 bits per heavy atom. The van der Waals surface area contributed by atoms with E-state index in [0.29, 0.717) is 0 Å². The lowest BCUT2D eigenvalue weighted by atomic mass is 9.81. The van der Waals surface area contributed by atoms with Crippen molar-refractivity contribution in [2.75, 3.05) is 13.6 Å². The number of hydrogen-bond donors (Lipinski definition) is 2. The van der Waals surface area contributed by atoms with Crippen LogP contribution in [0.2, 0.25) is 0 Å². The molecule has 90 valence electrons. The van der Waals surface area contributed by atoms with Crippen molar-refractivity contribution in [1.29, 1.82) is 0 Å². The summed E-state index contributed by atoms with van der Waals surface area (Å²) in [5, 5.41) is 6.10. The fraction of sp³-hybridized carbons (Fsp3) is 0.917. The SMILES string of the molecule is CC.CCNC(=O)C1(NC)CCCCC1. The molecule has 0 heterocycles. The maximum atomic E-state index is 11.8. The summed E-state index contributed by atoms with van der Waals surface area (Å²) in [6, 6.07) is 0. The van der Waals surface area contributed by atoms with Gasteiger partial charge in [0, 0.05) is 6.54 Å². The maximum Gasteiger partial charge on any atom is 0.240 e. The normalized spacial score (nSPS) is 18.7. The molecule has 2 N–H and O–H groups in total. The van der Waals surface area contributed by atoms with Crippen LogP contribution in [0, 0.1) is 0 Å². The molecule has 0 spiro atoms. The van der Waals surface area contributed by atoms with E-state index in [4.69, 9.17) is 0 Å². The van der Waals surface area contributed by atoms with Crippen LogP contribution in [0.4, 0.5) is 0 Å². The number of likely N-dealkylation sites (N-methyl/N-ethyl adjacent to an activating group) is 2. The molecule has 0 bridgehead atoms. The molecule has 1 amide bonds. The Morgan fingerprint density at radius 1 is 1.20 bits per heavy atom. The van der Waals surface area contributed by atoms with Gasteiger partial charge in [-0.3, -0.25) is 4.79 Å². The summed E-state index contributed by atoms with van der Waals surface area (Å²) in [5.74, 6) is 0.178. The molecular formula is C12H26N2O. The lowest BCUT2D eigenvalue weighted by molar-refractivity contribution is -0.128. The van der Waals surface area contributed by atoms with E-state index in [0.717, 1.165) is 32.2 Å².